The number of methoxy groups -OCH3 is 1. The fourth-order valence-electron chi connectivity index (χ4n) is 1.82. The van der Waals surface area contributed by atoms with Crippen LogP contribution in [0.1, 0.15) is 16.1 Å². The molecule has 0 aliphatic rings. The van der Waals surface area contributed by atoms with Crippen LogP contribution in [0.3, 0.4) is 0 Å². The van der Waals surface area contributed by atoms with E-state index in [2.05, 4.69) is 14.6 Å². The van der Waals surface area contributed by atoms with E-state index in [4.69, 9.17) is 6.57 Å². The second-order valence-corrected chi connectivity index (χ2v) is 3.79. The van der Waals surface area contributed by atoms with Crippen LogP contribution in [0, 0.1) is 13.5 Å². The molecule has 1 aromatic heterocycles. The monoisotopic (exact) mass is 242 g/mol. The summed E-state index contributed by atoms with van der Waals surface area (Å²) < 4.78 is 4.58. The zero-order valence-corrected chi connectivity index (χ0v) is 9.90. The average molecular weight is 242 g/mol. The minimum Gasteiger partial charge on any atom is -0.465 e. The second kappa shape index (κ2) is 4.34. The Morgan fingerprint density at radius 3 is 2.78 bits per heavy atom. The van der Waals surface area contributed by atoms with E-state index in [9.17, 15) is 9.59 Å². The van der Waals surface area contributed by atoms with Gasteiger partial charge in [0, 0.05) is 16.6 Å². The minimum absolute atomic E-state index is 0.0212. The summed E-state index contributed by atoms with van der Waals surface area (Å²) in [7, 11) is 1.22. The van der Waals surface area contributed by atoms with Crippen molar-refractivity contribution in [3.63, 3.8) is 0 Å². The molecule has 0 saturated carbocycles. The van der Waals surface area contributed by atoms with Gasteiger partial charge >= 0.3 is 5.97 Å². The van der Waals surface area contributed by atoms with E-state index in [1.807, 2.05) is 0 Å². The summed E-state index contributed by atoms with van der Waals surface area (Å²) in [5.74, 6) is -0.677. The minimum atomic E-state index is -0.677. The molecule has 0 unspecified atom stereocenters. The lowest BCUT2D eigenvalue weighted by atomic mass is 10.1. The standard InChI is InChI=1S/C13H10N2O3/c1-7-11(13(17)18-3)12(16)9-6-8(14-2)4-5-10(9)15-7/h4-6H,1,3H3,(H,15,16). The Balaban J connectivity index is 2.87. The first-order valence-electron chi connectivity index (χ1n) is 5.21. The first kappa shape index (κ1) is 11.9. The largest absolute Gasteiger partial charge is 0.465 e. The number of esters is 1. The highest BCUT2D eigenvalue weighted by atomic mass is 16.5. The molecule has 0 amide bonds. The predicted octanol–water partition coefficient (Wildman–Crippen LogP) is 2.17. The molecule has 5 heteroatoms. The number of benzene rings is 1. The van der Waals surface area contributed by atoms with Crippen molar-refractivity contribution < 1.29 is 9.53 Å². The van der Waals surface area contributed by atoms with Gasteiger partial charge in [-0.25, -0.2) is 9.64 Å². The number of fused-ring (bicyclic) bond motifs is 1. The van der Waals surface area contributed by atoms with Crippen molar-refractivity contribution in [1.29, 1.82) is 0 Å². The molecule has 0 radical (unpaired) electrons. The van der Waals surface area contributed by atoms with Gasteiger partial charge < -0.3 is 9.72 Å². The third-order valence-corrected chi connectivity index (χ3v) is 2.69. The molecule has 0 fully saturated rings. The molecule has 1 N–H and O–H groups in total. The summed E-state index contributed by atoms with van der Waals surface area (Å²) >= 11 is 0. The Hall–Kier alpha value is -2.61. The molecular weight excluding hydrogens is 232 g/mol. The number of carbonyl (C=O) groups excluding carboxylic acids is 1. The van der Waals surface area contributed by atoms with Gasteiger partial charge in [0.25, 0.3) is 0 Å². The molecule has 0 saturated heterocycles. The molecule has 90 valence electrons. The molecule has 5 nitrogen and oxygen atoms in total. The molecule has 2 rings (SSSR count). The number of H-pyrrole nitrogens is 1. The van der Waals surface area contributed by atoms with E-state index in [1.54, 1.807) is 19.1 Å². The van der Waals surface area contributed by atoms with Crippen LogP contribution in [-0.2, 0) is 4.74 Å². The third-order valence-electron chi connectivity index (χ3n) is 2.69. The fraction of sp³-hybridized carbons (Fsp3) is 0.154. The summed E-state index contributed by atoms with van der Waals surface area (Å²) in [6.45, 7) is 8.56. The first-order valence-corrected chi connectivity index (χ1v) is 5.21. The van der Waals surface area contributed by atoms with Crippen LogP contribution in [0.5, 0.6) is 0 Å². The number of pyridine rings is 1. The summed E-state index contributed by atoms with van der Waals surface area (Å²) in [6, 6.07) is 4.73. The van der Waals surface area contributed by atoms with Crippen molar-refractivity contribution >= 4 is 22.6 Å². The maximum atomic E-state index is 12.2. The molecule has 1 heterocycles. The third kappa shape index (κ3) is 1.74. The average Bonchev–Trinajstić information content (AvgIpc) is 2.38. The topological polar surface area (TPSA) is 63.5 Å². The first-order chi connectivity index (χ1) is 8.58. The van der Waals surface area contributed by atoms with Crippen molar-refractivity contribution in [2.75, 3.05) is 7.11 Å². The van der Waals surface area contributed by atoms with E-state index < -0.39 is 11.4 Å². The fourth-order valence-corrected chi connectivity index (χ4v) is 1.82. The number of aromatic nitrogens is 1. The zero-order chi connectivity index (χ0) is 13.3. The Labute approximate surface area is 103 Å². The molecule has 1 aromatic carbocycles. The van der Waals surface area contributed by atoms with E-state index >= 15 is 0 Å². The Kier molecular flexibility index (Phi) is 2.86. The number of hydrogen-bond acceptors (Lipinski definition) is 3. The van der Waals surface area contributed by atoms with Crippen molar-refractivity contribution in [3.05, 3.63) is 51.1 Å². The highest BCUT2D eigenvalue weighted by Crippen LogP contribution is 2.19. The van der Waals surface area contributed by atoms with Crippen molar-refractivity contribution in [1.82, 2.24) is 4.98 Å². The van der Waals surface area contributed by atoms with Crippen LogP contribution in [-0.4, -0.2) is 18.1 Å². The van der Waals surface area contributed by atoms with Gasteiger partial charge in [0.05, 0.1) is 13.7 Å². The lowest BCUT2D eigenvalue weighted by molar-refractivity contribution is 0.0598. The molecule has 2 aromatic rings. The quantitative estimate of drug-likeness (QED) is 0.615. The number of nitrogens with one attached hydrogen (secondary N) is 1. The molecule has 0 aliphatic heterocycles. The van der Waals surface area contributed by atoms with Gasteiger partial charge in [-0.15, -0.1) is 0 Å². The lowest BCUT2D eigenvalue weighted by Crippen LogP contribution is -2.19. The maximum Gasteiger partial charge on any atom is 0.343 e. The zero-order valence-electron chi connectivity index (χ0n) is 9.90. The van der Waals surface area contributed by atoms with E-state index in [1.165, 1.54) is 13.2 Å². The van der Waals surface area contributed by atoms with Crippen LogP contribution in [0.2, 0.25) is 0 Å². The van der Waals surface area contributed by atoms with Crippen molar-refractivity contribution in [2.24, 2.45) is 0 Å². The molecule has 0 atom stereocenters. The summed E-state index contributed by atoms with van der Waals surface area (Å²) in [4.78, 5) is 30.0. The number of ether oxygens (including phenoxy) is 1. The number of nitrogens with zero attached hydrogens (tertiary/aromatic N) is 1. The Bertz CT molecular complexity index is 738. The number of aryl methyl sites for hydroxylation is 1. The molecule has 0 bridgehead atoms. The summed E-state index contributed by atoms with van der Waals surface area (Å²) in [6.07, 6.45) is 0. The Morgan fingerprint density at radius 2 is 2.17 bits per heavy atom. The van der Waals surface area contributed by atoms with Crippen LogP contribution in [0.25, 0.3) is 15.7 Å². The van der Waals surface area contributed by atoms with Crippen LogP contribution in [0.15, 0.2) is 23.0 Å². The van der Waals surface area contributed by atoms with E-state index in [0.717, 1.165) is 0 Å². The van der Waals surface area contributed by atoms with Gasteiger partial charge in [-0.3, -0.25) is 4.79 Å². The van der Waals surface area contributed by atoms with Crippen molar-refractivity contribution in [2.45, 2.75) is 6.92 Å². The number of aromatic amines is 1. The highest BCUT2D eigenvalue weighted by Gasteiger charge is 2.17. The van der Waals surface area contributed by atoms with Gasteiger partial charge in [0.2, 0.25) is 5.43 Å². The predicted molar refractivity (Wildman–Crippen MR) is 66.9 cm³/mol. The van der Waals surface area contributed by atoms with Crippen LogP contribution >= 0.6 is 0 Å². The summed E-state index contributed by atoms with van der Waals surface area (Å²) in [5, 5.41) is 0.314. The van der Waals surface area contributed by atoms with Gasteiger partial charge in [-0.05, 0) is 19.1 Å². The van der Waals surface area contributed by atoms with E-state index in [0.29, 0.717) is 22.3 Å². The number of carbonyl (C=O) groups is 1. The molecule has 0 aliphatic carbocycles. The van der Waals surface area contributed by atoms with Crippen molar-refractivity contribution in [3.8, 4) is 0 Å². The normalized spacial score (nSPS) is 10.1. The van der Waals surface area contributed by atoms with Gasteiger partial charge in [0.1, 0.15) is 5.56 Å². The number of hydrogen-bond donors (Lipinski definition) is 1. The Morgan fingerprint density at radius 1 is 1.44 bits per heavy atom. The SMILES string of the molecule is [C-]#[N+]c1ccc2[nH]c(C)c(C(=O)OC)c(=O)c2c1. The van der Waals surface area contributed by atoms with Gasteiger partial charge in [0.15, 0.2) is 5.69 Å². The number of rotatable bonds is 1. The van der Waals surface area contributed by atoms with Gasteiger partial charge in [-0.1, -0.05) is 6.07 Å². The maximum absolute atomic E-state index is 12.2. The van der Waals surface area contributed by atoms with Gasteiger partial charge in [-0.2, -0.15) is 0 Å². The smallest absolute Gasteiger partial charge is 0.343 e. The van der Waals surface area contributed by atoms with Crippen LogP contribution in [0.4, 0.5) is 5.69 Å². The molecule has 0 spiro atoms. The highest BCUT2D eigenvalue weighted by molar-refractivity contribution is 5.95. The molecule has 18 heavy (non-hydrogen) atoms. The lowest BCUT2D eigenvalue weighted by Gasteiger charge is -2.06. The van der Waals surface area contributed by atoms with E-state index in [-0.39, 0.29) is 5.56 Å². The second-order valence-electron chi connectivity index (χ2n) is 3.79. The van der Waals surface area contributed by atoms with Crippen LogP contribution < -0.4 is 5.43 Å². The molecular formula is C13H10N2O3. The summed E-state index contributed by atoms with van der Waals surface area (Å²) in [5.41, 5.74) is 0.964.